The number of piperidine rings is 1. The number of benzene rings is 2. The van der Waals surface area contributed by atoms with Gasteiger partial charge in [-0.25, -0.2) is 4.98 Å². The van der Waals surface area contributed by atoms with Gasteiger partial charge < -0.3 is 15.0 Å². The van der Waals surface area contributed by atoms with Gasteiger partial charge in [0, 0.05) is 30.8 Å². The number of anilines is 1. The number of rotatable bonds is 6. The van der Waals surface area contributed by atoms with E-state index in [0.717, 1.165) is 16.3 Å². The first-order valence-corrected chi connectivity index (χ1v) is 12.8. The standard InChI is InChI=1S/C29H33N3O3/c33-28(31-27-26(14-7-17-30-27)35-20-21-8-2-1-3-9-21)23-15-18-32(19-16-23)29(34)25-13-6-11-22-10-4-5-12-24(22)25/h4-7,10-14,17,21,23H,1-3,8-9,15-16,18-20H2,(H,30,31,33). The number of fused-ring (bicyclic) bond motifs is 1. The molecule has 1 saturated heterocycles. The first-order valence-electron chi connectivity index (χ1n) is 12.8. The Morgan fingerprint density at radius 2 is 1.69 bits per heavy atom. The van der Waals surface area contributed by atoms with Crippen LogP contribution in [0.4, 0.5) is 5.82 Å². The van der Waals surface area contributed by atoms with Crippen molar-refractivity contribution in [3.63, 3.8) is 0 Å². The van der Waals surface area contributed by atoms with E-state index in [1.54, 1.807) is 6.20 Å². The van der Waals surface area contributed by atoms with Crippen molar-refractivity contribution in [1.82, 2.24) is 9.88 Å². The highest BCUT2D eigenvalue weighted by Crippen LogP contribution is 2.29. The monoisotopic (exact) mass is 471 g/mol. The fourth-order valence-electron chi connectivity index (χ4n) is 5.31. The van der Waals surface area contributed by atoms with Gasteiger partial charge in [-0.1, -0.05) is 55.7 Å². The van der Waals surface area contributed by atoms with Crippen LogP contribution in [-0.2, 0) is 4.79 Å². The minimum absolute atomic E-state index is 0.0313. The van der Waals surface area contributed by atoms with Crippen LogP contribution in [0.5, 0.6) is 5.75 Å². The molecule has 2 fully saturated rings. The average Bonchev–Trinajstić information content (AvgIpc) is 2.92. The number of aromatic nitrogens is 1. The van der Waals surface area contributed by atoms with Crippen LogP contribution in [0.3, 0.4) is 0 Å². The summed E-state index contributed by atoms with van der Waals surface area (Å²) in [5.74, 6) is 1.53. The molecule has 2 heterocycles. The van der Waals surface area contributed by atoms with Crippen molar-refractivity contribution in [2.75, 3.05) is 25.0 Å². The van der Waals surface area contributed by atoms with Gasteiger partial charge in [0.1, 0.15) is 0 Å². The van der Waals surface area contributed by atoms with Gasteiger partial charge >= 0.3 is 0 Å². The third kappa shape index (κ3) is 5.47. The Balaban J connectivity index is 1.17. The zero-order valence-corrected chi connectivity index (χ0v) is 20.1. The summed E-state index contributed by atoms with van der Waals surface area (Å²) < 4.78 is 6.07. The molecule has 0 radical (unpaired) electrons. The number of carbonyl (C=O) groups is 2. The molecule has 182 valence electrons. The molecule has 6 nitrogen and oxygen atoms in total. The van der Waals surface area contributed by atoms with Gasteiger partial charge in [0.05, 0.1) is 6.61 Å². The number of amides is 2. The van der Waals surface area contributed by atoms with Crippen LogP contribution in [0.1, 0.15) is 55.3 Å². The molecule has 2 aromatic carbocycles. The van der Waals surface area contributed by atoms with Crippen molar-refractivity contribution in [1.29, 1.82) is 0 Å². The zero-order chi connectivity index (χ0) is 24.0. The van der Waals surface area contributed by atoms with Gasteiger partial charge in [0.2, 0.25) is 5.91 Å². The summed E-state index contributed by atoms with van der Waals surface area (Å²) in [6, 6.07) is 17.5. The summed E-state index contributed by atoms with van der Waals surface area (Å²) in [6.07, 6.45) is 9.21. The molecular formula is C29H33N3O3. The van der Waals surface area contributed by atoms with Crippen LogP contribution >= 0.6 is 0 Å². The minimum atomic E-state index is -0.153. The summed E-state index contributed by atoms with van der Waals surface area (Å²) in [7, 11) is 0. The van der Waals surface area contributed by atoms with Crippen LogP contribution < -0.4 is 10.1 Å². The van der Waals surface area contributed by atoms with Gasteiger partial charge in [0.15, 0.2) is 11.6 Å². The molecule has 1 N–H and O–H groups in total. The highest BCUT2D eigenvalue weighted by Gasteiger charge is 2.29. The van der Waals surface area contributed by atoms with E-state index >= 15 is 0 Å². The summed E-state index contributed by atoms with van der Waals surface area (Å²) in [5, 5.41) is 5.02. The van der Waals surface area contributed by atoms with Crippen molar-refractivity contribution in [3.05, 3.63) is 66.4 Å². The Bertz CT molecular complexity index is 1180. The molecule has 2 amide bonds. The summed E-state index contributed by atoms with van der Waals surface area (Å²) in [4.78, 5) is 32.5. The Morgan fingerprint density at radius 1 is 0.914 bits per heavy atom. The summed E-state index contributed by atoms with van der Waals surface area (Å²) in [5.41, 5.74) is 0.722. The number of ether oxygens (including phenoxy) is 1. The zero-order valence-electron chi connectivity index (χ0n) is 20.1. The Kier molecular flexibility index (Phi) is 7.26. The molecule has 2 aliphatic rings. The van der Waals surface area contributed by atoms with E-state index in [2.05, 4.69) is 10.3 Å². The van der Waals surface area contributed by atoms with E-state index in [4.69, 9.17) is 4.74 Å². The summed E-state index contributed by atoms with van der Waals surface area (Å²) in [6.45, 7) is 1.80. The lowest BCUT2D eigenvalue weighted by Gasteiger charge is -2.31. The molecule has 0 unspecified atom stereocenters. The SMILES string of the molecule is O=C(Nc1ncccc1OCC1CCCCC1)C1CCN(C(=O)c2cccc3ccccc23)CC1. The van der Waals surface area contributed by atoms with Crippen molar-refractivity contribution < 1.29 is 14.3 Å². The van der Waals surface area contributed by atoms with Crippen LogP contribution in [0.25, 0.3) is 10.8 Å². The molecule has 0 spiro atoms. The molecule has 0 bridgehead atoms. The predicted molar refractivity (Wildman–Crippen MR) is 138 cm³/mol. The maximum Gasteiger partial charge on any atom is 0.254 e. The second kappa shape index (κ2) is 10.9. The number of nitrogens with one attached hydrogen (secondary N) is 1. The topological polar surface area (TPSA) is 71.5 Å². The molecular weight excluding hydrogens is 438 g/mol. The molecule has 5 rings (SSSR count). The van der Waals surface area contributed by atoms with Gasteiger partial charge in [-0.05, 0) is 60.6 Å². The van der Waals surface area contributed by atoms with Crippen molar-refractivity contribution in [2.45, 2.75) is 44.9 Å². The smallest absolute Gasteiger partial charge is 0.254 e. The molecule has 3 aromatic rings. The van der Waals surface area contributed by atoms with E-state index in [0.29, 0.717) is 50.0 Å². The molecule has 1 aromatic heterocycles. The third-order valence-electron chi connectivity index (χ3n) is 7.38. The second-order valence-corrected chi connectivity index (χ2v) is 9.75. The number of nitrogens with zero attached hydrogens (tertiary/aromatic N) is 2. The maximum absolute atomic E-state index is 13.2. The van der Waals surface area contributed by atoms with E-state index in [1.165, 1.54) is 32.1 Å². The number of carbonyl (C=O) groups excluding carboxylic acids is 2. The number of pyridine rings is 1. The molecule has 0 atom stereocenters. The summed E-state index contributed by atoms with van der Waals surface area (Å²) >= 11 is 0. The van der Waals surface area contributed by atoms with Crippen LogP contribution in [0, 0.1) is 11.8 Å². The van der Waals surface area contributed by atoms with Gasteiger partial charge in [-0.2, -0.15) is 0 Å². The lowest BCUT2D eigenvalue weighted by atomic mass is 9.90. The highest BCUT2D eigenvalue weighted by molar-refractivity contribution is 6.07. The Hall–Kier alpha value is -3.41. The minimum Gasteiger partial charge on any atom is -0.489 e. The van der Waals surface area contributed by atoms with Crippen LogP contribution in [0.2, 0.25) is 0 Å². The fourth-order valence-corrected chi connectivity index (χ4v) is 5.31. The van der Waals surface area contributed by atoms with Gasteiger partial charge in [-0.3, -0.25) is 9.59 Å². The van der Waals surface area contributed by atoms with Crippen molar-refractivity contribution in [2.24, 2.45) is 11.8 Å². The molecule has 1 aliphatic heterocycles. The Morgan fingerprint density at radius 3 is 2.51 bits per heavy atom. The highest BCUT2D eigenvalue weighted by atomic mass is 16.5. The Labute approximate surface area is 206 Å². The maximum atomic E-state index is 13.2. The van der Waals surface area contributed by atoms with Crippen molar-refractivity contribution in [3.8, 4) is 5.75 Å². The molecule has 35 heavy (non-hydrogen) atoms. The molecule has 6 heteroatoms. The van der Waals surface area contributed by atoms with Gasteiger partial charge in [-0.15, -0.1) is 0 Å². The molecule has 1 aliphatic carbocycles. The second-order valence-electron chi connectivity index (χ2n) is 9.75. The van der Waals surface area contributed by atoms with Gasteiger partial charge in [0.25, 0.3) is 5.91 Å². The third-order valence-corrected chi connectivity index (χ3v) is 7.38. The van der Waals surface area contributed by atoms with Crippen LogP contribution in [0.15, 0.2) is 60.8 Å². The molecule has 1 saturated carbocycles. The van der Waals surface area contributed by atoms with E-state index in [1.807, 2.05) is 59.5 Å². The van der Waals surface area contributed by atoms with Crippen LogP contribution in [-0.4, -0.2) is 41.4 Å². The first kappa shape index (κ1) is 23.3. The lowest BCUT2D eigenvalue weighted by molar-refractivity contribution is -0.121. The average molecular weight is 472 g/mol. The number of likely N-dealkylation sites (tertiary alicyclic amines) is 1. The predicted octanol–water partition coefficient (Wildman–Crippen LogP) is 5.68. The van der Waals surface area contributed by atoms with E-state index in [-0.39, 0.29) is 17.7 Å². The number of hydrogen-bond donors (Lipinski definition) is 1. The quantitative estimate of drug-likeness (QED) is 0.502. The fraction of sp³-hybridized carbons (Fsp3) is 0.414. The number of hydrogen-bond acceptors (Lipinski definition) is 4. The van der Waals surface area contributed by atoms with E-state index in [9.17, 15) is 9.59 Å². The first-order chi connectivity index (χ1) is 17.2. The van der Waals surface area contributed by atoms with Crippen molar-refractivity contribution >= 4 is 28.4 Å². The normalized spacial score (nSPS) is 17.3. The largest absolute Gasteiger partial charge is 0.489 e. The van der Waals surface area contributed by atoms with E-state index < -0.39 is 0 Å². The lowest BCUT2D eigenvalue weighted by Crippen LogP contribution is -2.41.